The van der Waals surface area contributed by atoms with Gasteiger partial charge in [0.2, 0.25) is 0 Å². The van der Waals surface area contributed by atoms with Crippen molar-refractivity contribution < 1.29 is 140 Å². The van der Waals surface area contributed by atoms with E-state index in [0.717, 1.165) is 0 Å². The lowest BCUT2D eigenvalue weighted by molar-refractivity contribution is -0.387. The van der Waals surface area contributed by atoms with Crippen LogP contribution in [-0.2, 0) is 75.8 Å². The molecule has 0 bridgehead atoms. The van der Waals surface area contributed by atoms with E-state index < -0.39 is 197 Å². The average molecular weight is 1580 g/mol. The standard InChI is InChI=1S/C83H79N3O29/c84-86-85-42-25-43-100-80-70(111-78(98)54-38-21-7-22-39-54)67(108-75(95)51-32-15-4-16-33-51)63(58(105-80)46-101-72(92)48-26-9-1-10-27-48)114-82-69(110-77(97)53-36-19-6-20-37-53)65(61(90)57(45-88)104-82)115-83-71(112-79(99)55-40-23-8-24-41-55)68(109-76(96)52-34-17-5-18-35-52)64(59(106-83)47-102-73(93)49-28-11-2-12-29-49)113-81-66(62(91)60(89)56(44-87)103-81)107-74(94)50-30-13-3-14-31-50/h1-24,26-41,56-71,80-83,87-91H,25,42-47H2/t56-,57-,58-,59-,60-,61-,62+,63-,64-,65+,66-,67+,68+,69-,70-,71-,80-,81+,82+,83+/m1/s1. The summed E-state index contributed by atoms with van der Waals surface area (Å²) in [6, 6.07) is 59.2. The van der Waals surface area contributed by atoms with E-state index in [0.29, 0.717) is 0 Å². The van der Waals surface area contributed by atoms with Crippen molar-refractivity contribution in [3.63, 3.8) is 0 Å². The molecule has 4 fully saturated rings. The van der Waals surface area contributed by atoms with Crippen LogP contribution in [0.3, 0.4) is 0 Å². The first-order valence-corrected chi connectivity index (χ1v) is 36.5. The lowest BCUT2D eigenvalue weighted by atomic mass is 9.94. The van der Waals surface area contributed by atoms with Crippen molar-refractivity contribution in [3.05, 3.63) is 298 Å². The highest BCUT2D eigenvalue weighted by atomic mass is 16.8. The summed E-state index contributed by atoms with van der Waals surface area (Å²) in [4.78, 5) is 120. The molecule has 0 aliphatic carbocycles. The summed E-state index contributed by atoms with van der Waals surface area (Å²) in [5, 5.41) is 62.2. The Kier molecular flexibility index (Phi) is 29.0. The molecule has 4 aliphatic heterocycles. The van der Waals surface area contributed by atoms with Crippen molar-refractivity contribution in [3.8, 4) is 0 Å². The van der Waals surface area contributed by atoms with Crippen molar-refractivity contribution >= 4 is 47.8 Å². The lowest BCUT2D eigenvalue weighted by Crippen LogP contribution is -2.69. The predicted molar refractivity (Wildman–Crippen MR) is 393 cm³/mol. The normalized spacial score (nSPS) is 27.0. The van der Waals surface area contributed by atoms with Gasteiger partial charge >= 0.3 is 47.8 Å². The van der Waals surface area contributed by atoms with E-state index in [1.165, 1.54) is 182 Å². The molecule has 0 spiro atoms. The van der Waals surface area contributed by atoms with Crippen LogP contribution < -0.4 is 0 Å². The summed E-state index contributed by atoms with van der Waals surface area (Å²) >= 11 is 0. The smallest absolute Gasteiger partial charge is 0.338 e. The number of carbonyl (C=O) groups is 8. The third-order valence-electron chi connectivity index (χ3n) is 18.7. The van der Waals surface area contributed by atoms with Crippen LogP contribution in [0.15, 0.2) is 248 Å². The van der Waals surface area contributed by atoms with E-state index in [1.54, 1.807) is 60.7 Å². The Labute approximate surface area is 656 Å². The highest BCUT2D eigenvalue weighted by molar-refractivity contribution is 5.93. The Bertz CT molecular complexity index is 4570. The lowest BCUT2D eigenvalue weighted by Gasteiger charge is -2.51. The minimum absolute atomic E-state index is 0.0193. The quantitative estimate of drug-likeness (QED) is 0.00736. The van der Waals surface area contributed by atoms with Gasteiger partial charge in [-0.3, -0.25) is 0 Å². The zero-order valence-corrected chi connectivity index (χ0v) is 61.0. The van der Waals surface area contributed by atoms with Crippen LogP contribution in [-0.4, -0.2) is 236 Å². The highest BCUT2D eigenvalue weighted by Crippen LogP contribution is 2.40. The fraction of sp³-hybridized carbons (Fsp3) is 0.325. The Balaban J connectivity index is 1.02. The summed E-state index contributed by atoms with van der Waals surface area (Å²) in [5.41, 5.74) is 8.54. The molecule has 0 unspecified atom stereocenters. The van der Waals surface area contributed by atoms with Crippen LogP contribution in [0, 0.1) is 0 Å². The third kappa shape index (κ3) is 21.0. The predicted octanol–water partition coefficient (Wildman–Crippen LogP) is 6.89. The van der Waals surface area contributed by atoms with Crippen molar-refractivity contribution in [1.29, 1.82) is 0 Å². The van der Waals surface area contributed by atoms with Crippen LogP contribution in [0.2, 0.25) is 0 Å². The van der Waals surface area contributed by atoms with E-state index in [4.69, 9.17) is 75.8 Å². The molecule has 32 nitrogen and oxygen atoms in total. The maximum absolute atomic E-state index is 15.1. The Morgan fingerprint density at radius 2 is 0.574 bits per heavy atom. The monoisotopic (exact) mass is 1580 g/mol. The first-order chi connectivity index (χ1) is 56.0. The van der Waals surface area contributed by atoms with E-state index >= 15 is 14.4 Å². The van der Waals surface area contributed by atoms with Crippen molar-refractivity contribution in [2.45, 2.75) is 129 Å². The molecule has 0 aromatic heterocycles. The number of carbonyl (C=O) groups excluding carboxylic acids is 8. The molecule has 0 radical (unpaired) electrons. The minimum atomic E-state index is -2.39. The number of azide groups is 1. The maximum atomic E-state index is 15.1. The van der Waals surface area contributed by atoms with Gasteiger partial charge in [0, 0.05) is 11.5 Å². The number of aliphatic hydroxyl groups excluding tert-OH is 5. The van der Waals surface area contributed by atoms with Gasteiger partial charge < -0.3 is 101 Å². The fourth-order valence-corrected chi connectivity index (χ4v) is 12.9. The number of rotatable bonds is 31. The zero-order valence-electron chi connectivity index (χ0n) is 61.0. The number of aliphatic hydroxyl groups is 5. The first-order valence-electron chi connectivity index (χ1n) is 36.5. The number of hydrogen-bond donors (Lipinski definition) is 5. The summed E-state index contributed by atoms with van der Waals surface area (Å²) in [6.45, 7) is -4.41. The van der Waals surface area contributed by atoms with E-state index in [2.05, 4.69) is 10.0 Å². The molecule has 600 valence electrons. The minimum Gasteiger partial charge on any atom is -0.459 e. The number of benzene rings is 8. The second kappa shape index (κ2) is 40.4. The molecule has 12 rings (SSSR count). The van der Waals surface area contributed by atoms with Crippen LogP contribution in [0.5, 0.6) is 0 Å². The van der Waals surface area contributed by atoms with E-state index in [-0.39, 0.29) is 64.1 Å². The molecule has 4 aliphatic rings. The van der Waals surface area contributed by atoms with Gasteiger partial charge in [-0.05, 0) is 109 Å². The van der Waals surface area contributed by atoms with Gasteiger partial charge in [0.15, 0.2) is 61.8 Å². The number of nitrogens with zero attached hydrogens (tertiary/aromatic N) is 3. The molecule has 20 atom stereocenters. The average Bonchev–Trinajstić information content (AvgIpc) is 0.752. The summed E-state index contributed by atoms with van der Waals surface area (Å²) in [7, 11) is 0. The second-order valence-electron chi connectivity index (χ2n) is 26.3. The summed E-state index contributed by atoms with van der Waals surface area (Å²) in [6.07, 6.45) is -41.8. The van der Waals surface area contributed by atoms with Gasteiger partial charge in [-0.25, -0.2) is 38.4 Å². The van der Waals surface area contributed by atoms with Crippen molar-refractivity contribution in [2.75, 3.05) is 39.6 Å². The Morgan fingerprint density at radius 3 is 0.904 bits per heavy atom. The molecule has 5 N–H and O–H groups in total. The van der Waals surface area contributed by atoms with Crippen LogP contribution >= 0.6 is 0 Å². The molecule has 0 saturated carbocycles. The van der Waals surface area contributed by atoms with Gasteiger partial charge in [-0.2, -0.15) is 0 Å². The number of esters is 8. The van der Waals surface area contributed by atoms with Crippen LogP contribution in [0.4, 0.5) is 0 Å². The molecule has 4 saturated heterocycles. The summed E-state index contributed by atoms with van der Waals surface area (Å²) in [5.74, 6) is -8.77. The molecular formula is C83H79N3O29. The molecular weight excluding hydrogens is 1500 g/mol. The number of ether oxygens (including phenoxy) is 16. The first kappa shape index (κ1) is 82.8. The molecule has 115 heavy (non-hydrogen) atoms. The van der Waals surface area contributed by atoms with Crippen LogP contribution in [0.25, 0.3) is 10.4 Å². The van der Waals surface area contributed by atoms with Crippen LogP contribution in [0.1, 0.15) is 89.3 Å². The molecule has 8 aromatic carbocycles. The fourth-order valence-electron chi connectivity index (χ4n) is 12.9. The van der Waals surface area contributed by atoms with Gasteiger partial charge in [-0.15, -0.1) is 0 Å². The third-order valence-corrected chi connectivity index (χ3v) is 18.7. The van der Waals surface area contributed by atoms with Crippen molar-refractivity contribution in [1.82, 2.24) is 0 Å². The van der Waals surface area contributed by atoms with Crippen molar-refractivity contribution in [2.24, 2.45) is 5.11 Å². The van der Waals surface area contributed by atoms with E-state index in [9.17, 15) is 55.0 Å². The summed E-state index contributed by atoms with van der Waals surface area (Å²) < 4.78 is 103. The Morgan fingerprint density at radius 1 is 0.313 bits per heavy atom. The largest absolute Gasteiger partial charge is 0.459 e. The van der Waals surface area contributed by atoms with Gasteiger partial charge in [0.05, 0.1) is 64.3 Å². The zero-order chi connectivity index (χ0) is 80.7. The second-order valence-corrected chi connectivity index (χ2v) is 26.3. The molecule has 0 amide bonds. The van der Waals surface area contributed by atoms with Gasteiger partial charge in [0.25, 0.3) is 0 Å². The van der Waals surface area contributed by atoms with Gasteiger partial charge in [0.1, 0.15) is 74.3 Å². The highest BCUT2D eigenvalue weighted by Gasteiger charge is 2.61. The van der Waals surface area contributed by atoms with Gasteiger partial charge in [-0.1, -0.05) is 151 Å². The Hall–Kier alpha value is -11.7. The van der Waals surface area contributed by atoms with E-state index in [1.807, 2.05) is 0 Å². The SMILES string of the molecule is [N-]=[N+]=NCCCO[C@@H]1O[C@H](COC(=O)c2ccccc2)[C@@H](O[C@@H]2O[C@H](CO)[C@@H](O)[C@H](O[C@@H]3O[C@H](COC(=O)c4ccccc4)[C@@H](O[C@@H]4O[C@H](CO)[C@@H](O)[C@H](O)[C@H]4OC(=O)c4ccccc4)[C@H](OC(=O)c4ccccc4)[C@H]3OC(=O)c3ccccc3)[C@H]2OC(=O)c2ccccc2)[C@H](OC(=O)c2ccccc2)[C@H]1OC(=O)c1ccccc1. The molecule has 4 heterocycles. The molecule has 8 aromatic rings. The topological polar surface area (TPSA) is 434 Å². The maximum Gasteiger partial charge on any atom is 0.338 e. The molecule has 32 heteroatoms. The number of hydrogen-bond acceptors (Lipinski definition) is 30.